The van der Waals surface area contributed by atoms with Gasteiger partial charge in [-0.3, -0.25) is 9.79 Å². The maximum atomic E-state index is 12.6. The van der Waals surface area contributed by atoms with Crippen molar-refractivity contribution in [2.45, 2.75) is 39.0 Å². The van der Waals surface area contributed by atoms with E-state index in [1.54, 1.807) is 0 Å². The Labute approximate surface area is 180 Å². The van der Waals surface area contributed by atoms with Crippen molar-refractivity contribution in [3.8, 4) is 16.9 Å². The average Bonchev–Trinajstić information content (AvgIpc) is 2.74. The van der Waals surface area contributed by atoms with Gasteiger partial charge in [0.15, 0.2) is 0 Å². The van der Waals surface area contributed by atoms with E-state index in [1.165, 1.54) is 0 Å². The van der Waals surface area contributed by atoms with Crippen LogP contribution in [0.3, 0.4) is 0 Å². The van der Waals surface area contributed by atoms with E-state index < -0.39 is 12.1 Å². The highest BCUT2D eigenvalue weighted by Gasteiger charge is 2.43. The molecule has 0 aliphatic carbocycles. The van der Waals surface area contributed by atoms with Crippen LogP contribution in [0.2, 0.25) is 0 Å². The third kappa shape index (κ3) is 5.16. The topological polar surface area (TPSA) is 41.9 Å². The van der Waals surface area contributed by atoms with Crippen molar-refractivity contribution in [3.05, 3.63) is 53.6 Å². The summed E-state index contributed by atoms with van der Waals surface area (Å²) >= 11 is 0. The molecular formula is C24H25F3N2O2. The Bertz CT molecular complexity index is 974. The maximum absolute atomic E-state index is 12.6. The molecule has 0 radical (unpaired) electrons. The molecule has 1 aliphatic heterocycles. The molecule has 4 nitrogen and oxygen atoms in total. The van der Waals surface area contributed by atoms with Crippen LogP contribution in [0.25, 0.3) is 17.2 Å². The number of ether oxygens (including phenoxy) is 1. The molecule has 1 amide bonds. The highest BCUT2D eigenvalue weighted by molar-refractivity contribution is 5.82. The van der Waals surface area contributed by atoms with Crippen molar-refractivity contribution < 1.29 is 22.7 Å². The van der Waals surface area contributed by atoms with Gasteiger partial charge in [0.2, 0.25) is 0 Å². The Hall–Kier alpha value is -3.09. The van der Waals surface area contributed by atoms with E-state index in [-0.39, 0.29) is 19.2 Å². The number of piperidine rings is 1. The van der Waals surface area contributed by atoms with E-state index in [0.29, 0.717) is 18.6 Å². The molecule has 3 rings (SSSR count). The summed E-state index contributed by atoms with van der Waals surface area (Å²) in [5.41, 5.74) is 4.93. The number of hydrogen-bond acceptors (Lipinski definition) is 3. The van der Waals surface area contributed by atoms with Crippen molar-refractivity contribution in [2.24, 2.45) is 4.99 Å². The number of allylic oxidation sites excluding steroid dienone is 1. The van der Waals surface area contributed by atoms with Crippen LogP contribution in [0.4, 0.5) is 18.9 Å². The lowest BCUT2D eigenvalue weighted by Crippen LogP contribution is -2.47. The molecule has 0 spiro atoms. The van der Waals surface area contributed by atoms with Gasteiger partial charge in [-0.15, -0.1) is 0 Å². The molecule has 0 bridgehead atoms. The Balaban J connectivity index is 1.67. The largest absolute Gasteiger partial charge is 0.490 e. The number of halogens is 3. The standard InChI is InChI=1S/C24H25F3N2O2/c1-4-5-18-8-11-21(16(2)22(18)28-3)17-6-9-19(10-7-17)31-20-12-14-29(15-13-20)23(30)24(25,26)27/h4-11,20H,3,12-15H2,1-2H3/b5-4-. The molecule has 164 valence electrons. The quantitative estimate of drug-likeness (QED) is 0.550. The molecule has 2 aromatic carbocycles. The van der Waals surface area contributed by atoms with Gasteiger partial charge in [-0.05, 0) is 49.4 Å². The summed E-state index contributed by atoms with van der Waals surface area (Å²) in [6, 6.07) is 11.6. The number of nitrogens with zero attached hydrogens (tertiary/aromatic N) is 2. The van der Waals surface area contributed by atoms with Crippen LogP contribution >= 0.6 is 0 Å². The summed E-state index contributed by atoms with van der Waals surface area (Å²) in [7, 11) is 0. The molecule has 1 heterocycles. The summed E-state index contributed by atoms with van der Waals surface area (Å²) in [4.78, 5) is 16.4. The van der Waals surface area contributed by atoms with Gasteiger partial charge in [0.25, 0.3) is 0 Å². The number of alkyl halides is 3. The lowest BCUT2D eigenvalue weighted by atomic mass is 9.96. The Morgan fingerprint density at radius 2 is 1.81 bits per heavy atom. The van der Waals surface area contributed by atoms with Crippen LogP contribution in [0.1, 0.15) is 30.9 Å². The minimum atomic E-state index is -4.83. The van der Waals surface area contributed by atoms with Crippen molar-refractivity contribution >= 4 is 24.4 Å². The SMILES string of the molecule is C=Nc1c(/C=C\C)ccc(-c2ccc(OC3CCN(C(=O)C(F)(F)F)CC3)cc2)c1C. The minimum Gasteiger partial charge on any atom is -0.490 e. The van der Waals surface area contributed by atoms with Crippen molar-refractivity contribution in [1.29, 1.82) is 0 Å². The number of aliphatic imine (C=N–C) groups is 1. The third-order valence-corrected chi connectivity index (χ3v) is 5.41. The van der Waals surface area contributed by atoms with Gasteiger partial charge in [0.05, 0.1) is 5.69 Å². The zero-order valence-electron chi connectivity index (χ0n) is 17.6. The Kier molecular flexibility index (Phi) is 6.83. The van der Waals surface area contributed by atoms with Gasteiger partial charge in [-0.25, -0.2) is 0 Å². The lowest BCUT2D eigenvalue weighted by molar-refractivity contribution is -0.187. The number of amides is 1. The summed E-state index contributed by atoms with van der Waals surface area (Å²) in [6.07, 6.45) is -0.369. The predicted molar refractivity (Wildman–Crippen MR) is 117 cm³/mol. The first-order valence-electron chi connectivity index (χ1n) is 10.1. The first-order chi connectivity index (χ1) is 14.7. The number of benzene rings is 2. The first-order valence-corrected chi connectivity index (χ1v) is 10.1. The fourth-order valence-electron chi connectivity index (χ4n) is 3.82. The monoisotopic (exact) mass is 430 g/mol. The van der Waals surface area contributed by atoms with Gasteiger partial charge in [0.1, 0.15) is 11.9 Å². The maximum Gasteiger partial charge on any atom is 0.471 e. The Morgan fingerprint density at radius 3 is 2.35 bits per heavy atom. The van der Waals surface area contributed by atoms with Crippen LogP contribution in [-0.2, 0) is 4.79 Å². The molecule has 0 atom stereocenters. The second-order valence-electron chi connectivity index (χ2n) is 7.47. The molecule has 0 unspecified atom stereocenters. The van der Waals surface area contributed by atoms with E-state index >= 15 is 0 Å². The van der Waals surface area contributed by atoms with Crippen LogP contribution in [0, 0.1) is 6.92 Å². The number of carbonyl (C=O) groups excluding carboxylic acids is 1. The first kappa shape index (κ1) is 22.6. The minimum absolute atomic E-state index is 0.0379. The van der Waals surface area contributed by atoms with E-state index in [4.69, 9.17) is 4.74 Å². The van der Waals surface area contributed by atoms with Crippen LogP contribution < -0.4 is 4.74 Å². The summed E-state index contributed by atoms with van der Waals surface area (Å²) in [6.45, 7) is 7.72. The van der Waals surface area contributed by atoms with Crippen molar-refractivity contribution in [2.75, 3.05) is 13.1 Å². The summed E-state index contributed by atoms with van der Waals surface area (Å²) in [5, 5.41) is 0. The van der Waals surface area contributed by atoms with E-state index in [1.807, 2.05) is 62.4 Å². The molecule has 7 heteroatoms. The highest BCUT2D eigenvalue weighted by atomic mass is 19.4. The molecule has 1 aliphatic rings. The number of hydrogen-bond donors (Lipinski definition) is 0. The number of rotatable bonds is 5. The van der Waals surface area contributed by atoms with Crippen LogP contribution in [0.15, 0.2) is 47.5 Å². The van der Waals surface area contributed by atoms with Crippen molar-refractivity contribution in [1.82, 2.24) is 4.90 Å². The van der Waals surface area contributed by atoms with E-state index in [2.05, 4.69) is 11.7 Å². The zero-order valence-corrected chi connectivity index (χ0v) is 17.6. The number of carbonyl (C=O) groups is 1. The summed E-state index contributed by atoms with van der Waals surface area (Å²) in [5.74, 6) is -1.13. The molecule has 0 aromatic heterocycles. The second kappa shape index (κ2) is 9.37. The molecule has 1 fully saturated rings. The van der Waals surface area contributed by atoms with Crippen LogP contribution in [-0.4, -0.2) is 42.9 Å². The molecular weight excluding hydrogens is 405 g/mol. The fraction of sp³-hybridized carbons (Fsp3) is 0.333. The number of likely N-dealkylation sites (tertiary alicyclic amines) is 1. The van der Waals surface area contributed by atoms with Gasteiger partial charge >= 0.3 is 12.1 Å². The Morgan fingerprint density at radius 1 is 1.16 bits per heavy atom. The molecule has 0 N–H and O–H groups in total. The predicted octanol–water partition coefficient (Wildman–Crippen LogP) is 5.96. The highest BCUT2D eigenvalue weighted by Crippen LogP contribution is 2.35. The normalized spacial score (nSPS) is 15.3. The smallest absolute Gasteiger partial charge is 0.471 e. The van der Waals surface area contributed by atoms with E-state index in [9.17, 15) is 18.0 Å². The lowest BCUT2D eigenvalue weighted by Gasteiger charge is -2.32. The van der Waals surface area contributed by atoms with Crippen LogP contribution in [0.5, 0.6) is 5.75 Å². The zero-order chi connectivity index (χ0) is 22.6. The van der Waals surface area contributed by atoms with Gasteiger partial charge in [-0.2, -0.15) is 13.2 Å². The van der Waals surface area contributed by atoms with Gasteiger partial charge < -0.3 is 9.64 Å². The van der Waals surface area contributed by atoms with Crippen molar-refractivity contribution in [3.63, 3.8) is 0 Å². The van der Waals surface area contributed by atoms with Gasteiger partial charge in [-0.1, -0.05) is 36.4 Å². The molecule has 1 saturated heterocycles. The molecule has 0 saturated carbocycles. The van der Waals surface area contributed by atoms with E-state index in [0.717, 1.165) is 32.8 Å². The average molecular weight is 430 g/mol. The van der Waals surface area contributed by atoms with Gasteiger partial charge in [0, 0.05) is 31.5 Å². The summed E-state index contributed by atoms with van der Waals surface area (Å²) < 4.78 is 43.6. The third-order valence-electron chi connectivity index (χ3n) is 5.41. The molecule has 31 heavy (non-hydrogen) atoms. The molecule has 2 aromatic rings. The second-order valence-corrected chi connectivity index (χ2v) is 7.47. The fourth-order valence-corrected chi connectivity index (χ4v) is 3.82.